The summed E-state index contributed by atoms with van der Waals surface area (Å²) >= 11 is 0. The van der Waals surface area contributed by atoms with Gasteiger partial charge in [-0.3, -0.25) is 9.59 Å². The molecule has 0 aliphatic heterocycles. The van der Waals surface area contributed by atoms with Crippen molar-refractivity contribution in [3.8, 4) is 0 Å². The minimum Gasteiger partial charge on any atom is -0.481 e. The van der Waals surface area contributed by atoms with Crippen LogP contribution in [-0.2, 0) is 16.1 Å². The summed E-state index contributed by atoms with van der Waals surface area (Å²) in [6.07, 6.45) is 4.83. The molecule has 1 aromatic heterocycles. The number of hydrogen-bond donors (Lipinski definition) is 1. The molecule has 1 heterocycles. The van der Waals surface area contributed by atoms with Gasteiger partial charge in [0.25, 0.3) is 5.56 Å². The number of aliphatic carboxylic acids is 1. The van der Waals surface area contributed by atoms with Crippen LogP contribution in [0.3, 0.4) is 0 Å². The molecule has 1 fully saturated rings. The summed E-state index contributed by atoms with van der Waals surface area (Å²) in [7, 11) is 0. The fraction of sp³-hybridized carbons (Fsp3) is 0.571. The predicted molar refractivity (Wildman–Crippen MR) is 70.0 cm³/mol. The van der Waals surface area contributed by atoms with Gasteiger partial charge in [0.15, 0.2) is 0 Å². The second kappa shape index (κ2) is 6.52. The number of carboxylic acids is 1. The Bertz CT molecular complexity index is 474. The second-order valence-corrected chi connectivity index (χ2v) is 4.91. The number of rotatable bonds is 5. The van der Waals surface area contributed by atoms with Gasteiger partial charge in [-0.25, -0.2) is 0 Å². The topological polar surface area (TPSA) is 68.5 Å². The molecule has 1 aliphatic rings. The van der Waals surface area contributed by atoms with E-state index in [1.807, 2.05) is 6.07 Å². The van der Waals surface area contributed by atoms with Crippen LogP contribution in [0.1, 0.15) is 25.7 Å². The number of ether oxygens (including phenoxy) is 1. The Morgan fingerprint density at radius 1 is 1.32 bits per heavy atom. The van der Waals surface area contributed by atoms with Crippen molar-refractivity contribution >= 4 is 5.97 Å². The zero-order valence-electron chi connectivity index (χ0n) is 10.8. The molecule has 0 bridgehead atoms. The molecule has 0 amide bonds. The minimum absolute atomic E-state index is 0.0271. The number of pyridine rings is 1. The molecule has 2 rings (SSSR count). The molecular weight excluding hydrogens is 246 g/mol. The van der Waals surface area contributed by atoms with Gasteiger partial charge in [-0.15, -0.1) is 0 Å². The fourth-order valence-electron chi connectivity index (χ4n) is 2.44. The van der Waals surface area contributed by atoms with Crippen LogP contribution in [0.2, 0.25) is 0 Å². The van der Waals surface area contributed by atoms with Gasteiger partial charge in [0.05, 0.1) is 18.6 Å². The minimum atomic E-state index is -0.700. The fourth-order valence-corrected chi connectivity index (χ4v) is 2.44. The van der Waals surface area contributed by atoms with Gasteiger partial charge >= 0.3 is 5.97 Å². The molecule has 0 radical (unpaired) electrons. The first-order valence-corrected chi connectivity index (χ1v) is 6.66. The van der Waals surface area contributed by atoms with Gasteiger partial charge in [-0.05, 0) is 31.7 Å². The van der Waals surface area contributed by atoms with E-state index in [1.165, 1.54) is 6.07 Å². The van der Waals surface area contributed by atoms with E-state index in [2.05, 4.69) is 0 Å². The standard InChI is InChI=1S/C14H19NO4/c16-13-3-1-2-8-15(13)9-10-19-12-6-4-11(5-7-12)14(17)18/h1-3,8,11-12H,4-7,9-10H2,(H,17,18). The van der Waals surface area contributed by atoms with E-state index in [0.29, 0.717) is 26.0 Å². The molecular formula is C14H19NO4. The molecule has 104 valence electrons. The van der Waals surface area contributed by atoms with Gasteiger partial charge in [-0.2, -0.15) is 0 Å². The summed E-state index contributed by atoms with van der Waals surface area (Å²) in [6.45, 7) is 1.03. The van der Waals surface area contributed by atoms with Crippen molar-refractivity contribution < 1.29 is 14.6 Å². The first-order valence-electron chi connectivity index (χ1n) is 6.66. The van der Waals surface area contributed by atoms with Crippen LogP contribution in [0.4, 0.5) is 0 Å². The van der Waals surface area contributed by atoms with Crippen molar-refractivity contribution in [2.24, 2.45) is 5.92 Å². The summed E-state index contributed by atoms with van der Waals surface area (Å²) < 4.78 is 7.33. The van der Waals surface area contributed by atoms with E-state index < -0.39 is 5.97 Å². The molecule has 0 atom stereocenters. The molecule has 5 heteroatoms. The van der Waals surface area contributed by atoms with Crippen LogP contribution in [0.25, 0.3) is 0 Å². The third-order valence-electron chi connectivity index (χ3n) is 3.61. The average Bonchev–Trinajstić information content (AvgIpc) is 2.41. The maximum atomic E-state index is 11.5. The highest BCUT2D eigenvalue weighted by Gasteiger charge is 2.26. The lowest BCUT2D eigenvalue weighted by atomic mass is 9.87. The SMILES string of the molecule is O=C(O)C1CCC(OCCn2ccccc2=O)CC1. The maximum absolute atomic E-state index is 11.5. The Kier molecular flexibility index (Phi) is 4.74. The smallest absolute Gasteiger partial charge is 0.306 e. The van der Waals surface area contributed by atoms with E-state index in [-0.39, 0.29) is 17.6 Å². The summed E-state index contributed by atoms with van der Waals surface area (Å²) in [5, 5.41) is 8.90. The first kappa shape index (κ1) is 13.8. The number of aromatic nitrogens is 1. The quantitative estimate of drug-likeness (QED) is 0.876. The highest BCUT2D eigenvalue weighted by atomic mass is 16.5. The van der Waals surface area contributed by atoms with Crippen LogP contribution < -0.4 is 5.56 Å². The predicted octanol–water partition coefficient (Wildman–Crippen LogP) is 1.51. The summed E-state index contributed by atoms with van der Waals surface area (Å²) in [6, 6.07) is 5.06. The molecule has 0 saturated heterocycles. The molecule has 0 aromatic carbocycles. The highest BCUT2D eigenvalue weighted by molar-refractivity contribution is 5.70. The Morgan fingerprint density at radius 2 is 2.05 bits per heavy atom. The largest absolute Gasteiger partial charge is 0.481 e. The number of hydrogen-bond acceptors (Lipinski definition) is 3. The van der Waals surface area contributed by atoms with Crippen LogP contribution in [0.15, 0.2) is 29.2 Å². The van der Waals surface area contributed by atoms with E-state index in [4.69, 9.17) is 9.84 Å². The van der Waals surface area contributed by atoms with Gasteiger partial charge in [0.1, 0.15) is 0 Å². The number of carbonyl (C=O) groups is 1. The van der Waals surface area contributed by atoms with Gasteiger partial charge in [-0.1, -0.05) is 6.07 Å². The molecule has 5 nitrogen and oxygen atoms in total. The van der Waals surface area contributed by atoms with E-state index >= 15 is 0 Å². The third kappa shape index (κ3) is 3.92. The number of carboxylic acid groups (broad SMARTS) is 1. The van der Waals surface area contributed by atoms with Gasteiger partial charge in [0.2, 0.25) is 0 Å². The molecule has 1 aromatic rings. The van der Waals surface area contributed by atoms with Crippen LogP contribution in [0, 0.1) is 5.92 Å². The van der Waals surface area contributed by atoms with E-state index in [0.717, 1.165) is 12.8 Å². The molecule has 19 heavy (non-hydrogen) atoms. The molecule has 0 unspecified atom stereocenters. The van der Waals surface area contributed by atoms with Crippen molar-refractivity contribution in [2.45, 2.75) is 38.3 Å². The van der Waals surface area contributed by atoms with Crippen LogP contribution in [0.5, 0.6) is 0 Å². The third-order valence-corrected chi connectivity index (χ3v) is 3.61. The zero-order valence-corrected chi connectivity index (χ0v) is 10.8. The lowest BCUT2D eigenvalue weighted by Gasteiger charge is -2.26. The van der Waals surface area contributed by atoms with Crippen LogP contribution in [-0.4, -0.2) is 28.4 Å². The lowest BCUT2D eigenvalue weighted by Crippen LogP contribution is -2.28. The van der Waals surface area contributed by atoms with Gasteiger partial charge in [0, 0.05) is 18.8 Å². The van der Waals surface area contributed by atoms with Crippen molar-refractivity contribution in [3.05, 3.63) is 34.7 Å². The zero-order chi connectivity index (χ0) is 13.7. The molecule has 1 aliphatic carbocycles. The monoisotopic (exact) mass is 265 g/mol. The lowest BCUT2D eigenvalue weighted by molar-refractivity contribution is -0.143. The second-order valence-electron chi connectivity index (χ2n) is 4.91. The molecule has 1 N–H and O–H groups in total. The maximum Gasteiger partial charge on any atom is 0.306 e. The Morgan fingerprint density at radius 3 is 2.68 bits per heavy atom. The Labute approximate surface area is 111 Å². The summed E-state index contributed by atoms with van der Waals surface area (Å²) in [4.78, 5) is 22.3. The highest BCUT2D eigenvalue weighted by Crippen LogP contribution is 2.26. The summed E-state index contributed by atoms with van der Waals surface area (Å²) in [5.41, 5.74) is -0.0271. The molecule has 1 saturated carbocycles. The number of nitrogens with zero attached hydrogens (tertiary/aromatic N) is 1. The Hall–Kier alpha value is -1.62. The summed E-state index contributed by atoms with van der Waals surface area (Å²) in [5.74, 6) is -0.911. The van der Waals surface area contributed by atoms with E-state index in [1.54, 1.807) is 16.8 Å². The van der Waals surface area contributed by atoms with Crippen molar-refractivity contribution in [2.75, 3.05) is 6.61 Å². The molecule has 0 spiro atoms. The van der Waals surface area contributed by atoms with Crippen molar-refractivity contribution in [1.29, 1.82) is 0 Å². The van der Waals surface area contributed by atoms with E-state index in [9.17, 15) is 9.59 Å². The first-order chi connectivity index (χ1) is 9.16. The van der Waals surface area contributed by atoms with Crippen molar-refractivity contribution in [3.63, 3.8) is 0 Å². The van der Waals surface area contributed by atoms with Crippen molar-refractivity contribution in [1.82, 2.24) is 4.57 Å². The van der Waals surface area contributed by atoms with Crippen LogP contribution >= 0.6 is 0 Å². The Balaban J connectivity index is 1.71. The van der Waals surface area contributed by atoms with Gasteiger partial charge < -0.3 is 14.4 Å². The normalized spacial score (nSPS) is 23.2. The average molecular weight is 265 g/mol.